The van der Waals surface area contributed by atoms with Crippen LogP contribution in [0.1, 0.15) is 40.9 Å². The minimum absolute atomic E-state index is 0.0517. The van der Waals surface area contributed by atoms with Crippen molar-refractivity contribution in [2.45, 2.75) is 38.8 Å². The van der Waals surface area contributed by atoms with Crippen LogP contribution >= 0.6 is 11.8 Å². The van der Waals surface area contributed by atoms with E-state index >= 15 is 0 Å². The highest BCUT2D eigenvalue weighted by atomic mass is 32.2. The van der Waals surface area contributed by atoms with Gasteiger partial charge in [-0.3, -0.25) is 4.79 Å². The van der Waals surface area contributed by atoms with E-state index in [1.165, 1.54) is 11.8 Å². The zero-order chi connectivity index (χ0) is 17.7. The number of pyridine rings is 1. The molecule has 4 nitrogen and oxygen atoms in total. The molecule has 0 bridgehead atoms. The number of hydrogen-bond donors (Lipinski definition) is 1. The van der Waals surface area contributed by atoms with E-state index in [0.29, 0.717) is 10.6 Å². The molecule has 1 N–H and O–H groups in total. The molecule has 1 amide bonds. The first-order valence-electron chi connectivity index (χ1n) is 7.79. The predicted molar refractivity (Wildman–Crippen MR) is 96.9 cm³/mol. The molecule has 0 saturated heterocycles. The lowest BCUT2D eigenvalue weighted by atomic mass is 10.1. The average Bonchev–Trinajstić information content (AvgIpc) is 2.58. The van der Waals surface area contributed by atoms with E-state index in [0.717, 1.165) is 22.4 Å². The van der Waals surface area contributed by atoms with Gasteiger partial charge < -0.3 is 5.32 Å². The minimum Gasteiger partial charge on any atom is -0.349 e. The minimum atomic E-state index is -0.0714. The Kier molecular flexibility index (Phi) is 5.99. The van der Waals surface area contributed by atoms with Gasteiger partial charge >= 0.3 is 0 Å². The molecule has 0 aliphatic heterocycles. The second kappa shape index (κ2) is 7.98. The van der Waals surface area contributed by atoms with Crippen LogP contribution in [0.15, 0.2) is 35.4 Å². The van der Waals surface area contributed by atoms with Gasteiger partial charge in [-0.25, -0.2) is 4.98 Å². The number of nitriles is 1. The molecule has 1 heterocycles. The molecule has 0 aliphatic carbocycles. The van der Waals surface area contributed by atoms with Gasteiger partial charge in [0.1, 0.15) is 11.1 Å². The van der Waals surface area contributed by atoms with E-state index < -0.39 is 0 Å². The van der Waals surface area contributed by atoms with Gasteiger partial charge in [0.25, 0.3) is 0 Å². The molecular formula is C19H21N3OS. The number of aryl methyl sites for hydroxylation is 1. The van der Waals surface area contributed by atoms with E-state index in [1.54, 1.807) is 0 Å². The molecule has 2 aromatic rings. The maximum Gasteiger partial charge on any atom is 0.230 e. The molecule has 24 heavy (non-hydrogen) atoms. The monoisotopic (exact) mass is 339 g/mol. The Morgan fingerprint density at radius 3 is 2.54 bits per heavy atom. The number of rotatable bonds is 5. The predicted octanol–water partition coefficient (Wildman–Crippen LogP) is 3.85. The largest absolute Gasteiger partial charge is 0.349 e. The van der Waals surface area contributed by atoms with Crippen LogP contribution < -0.4 is 5.32 Å². The summed E-state index contributed by atoms with van der Waals surface area (Å²) in [4.78, 5) is 16.7. The highest BCUT2D eigenvalue weighted by Gasteiger charge is 2.15. The first kappa shape index (κ1) is 18.0. The maximum atomic E-state index is 12.2. The van der Waals surface area contributed by atoms with Crippen molar-refractivity contribution < 1.29 is 4.79 Å². The van der Waals surface area contributed by atoms with Crippen molar-refractivity contribution in [3.8, 4) is 6.07 Å². The van der Waals surface area contributed by atoms with Crippen LogP contribution in [0.3, 0.4) is 0 Å². The summed E-state index contributed by atoms with van der Waals surface area (Å²) in [6.07, 6.45) is 0. The average molecular weight is 339 g/mol. The second-order valence-corrected chi connectivity index (χ2v) is 6.69. The molecule has 0 spiro atoms. The summed E-state index contributed by atoms with van der Waals surface area (Å²) in [5.41, 5.74) is 4.48. The van der Waals surface area contributed by atoms with Gasteiger partial charge in [0.2, 0.25) is 5.91 Å². The molecule has 124 valence electrons. The summed E-state index contributed by atoms with van der Waals surface area (Å²) in [6.45, 7) is 7.76. The summed E-state index contributed by atoms with van der Waals surface area (Å²) in [7, 11) is 0. The number of carbonyl (C=O) groups is 1. The molecule has 0 aliphatic rings. The van der Waals surface area contributed by atoms with Gasteiger partial charge in [-0.1, -0.05) is 42.1 Å². The van der Waals surface area contributed by atoms with Crippen LogP contribution in [0.25, 0.3) is 0 Å². The molecule has 1 aromatic heterocycles. The van der Waals surface area contributed by atoms with Crippen molar-refractivity contribution in [3.05, 3.63) is 58.3 Å². The molecule has 0 saturated carbocycles. The van der Waals surface area contributed by atoms with Gasteiger partial charge in [0, 0.05) is 5.69 Å². The Bertz CT molecular complexity index is 781. The third-order valence-electron chi connectivity index (χ3n) is 4.09. The molecule has 0 radical (unpaired) electrons. The zero-order valence-corrected chi connectivity index (χ0v) is 15.2. The van der Waals surface area contributed by atoms with E-state index in [4.69, 9.17) is 0 Å². The van der Waals surface area contributed by atoms with Crippen LogP contribution in [-0.2, 0) is 4.79 Å². The fraction of sp³-hybridized carbons (Fsp3) is 0.316. The molecule has 0 unspecified atom stereocenters. The van der Waals surface area contributed by atoms with Crippen molar-refractivity contribution >= 4 is 17.7 Å². The normalized spacial score (nSPS) is 11.6. The maximum absolute atomic E-state index is 12.2. The number of carbonyl (C=O) groups excluding carboxylic acids is 1. The van der Waals surface area contributed by atoms with Crippen molar-refractivity contribution in [1.82, 2.24) is 10.3 Å². The standard InChI is InChI=1S/C19H21N3OS/c1-12-13(2)17(10-20)19(22-14(12)3)24-11-18(23)21-15(4)16-8-6-5-7-9-16/h5-9,15H,11H2,1-4H3,(H,21,23)/t15-/m0/s1. The number of thioether (sulfide) groups is 1. The lowest BCUT2D eigenvalue weighted by Gasteiger charge is -2.15. The Morgan fingerprint density at radius 1 is 1.25 bits per heavy atom. The third kappa shape index (κ3) is 4.15. The molecule has 0 fully saturated rings. The lowest BCUT2D eigenvalue weighted by molar-refractivity contribution is -0.119. The first-order valence-corrected chi connectivity index (χ1v) is 8.77. The fourth-order valence-electron chi connectivity index (χ4n) is 2.39. The number of hydrogen-bond acceptors (Lipinski definition) is 4. The summed E-state index contributed by atoms with van der Waals surface area (Å²) in [6, 6.07) is 12.0. The van der Waals surface area contributed by atoms with Gasteiger partial charge in [-0.2, -0.15) is 5.26 Å². The summed E-state index contributed by atoms with van der Waals surface area (Å²) in [5, 5.41) is 13.0. The van der Waals surface area contributed by atoms with Gasteiger partial charge in [-0.15, -0.1) is 0 Å². The van der Waals surface area contributed by atoms with Crippen molar-refractivity contribution in [2.75, 3.05) is 5.75 Å². The molecular weight excluding hydrogens is 318 g/mol. The SMILES string of the molecule is Cc1nc(SCC(=O)N[C@@H](C)c2ccccc2)c(C#N)c(C)c1C. The highest BCUT2D eigenvalue weighted by Crippen LogP contribution is 2.26. The highest BCUT2D eigenvalue weighted by molar-refractivity contribution is 8.00. The van der Waals surface area contributed by atoms with Gasteiger partial charge in [0.15, 0.2) is 0 Å². The fourth-order valence-corrected chi connectivity index (χ4v) is 3.29. The van der Waals surface area contributed by atoms with Crippen LogP contribution in [0.4, 0.5) is 0 Å². The topological polar surface area (TPSA) is 65.8 Å². The van der Waals surface area contributed by atoms with Crippen molar-refractivity contribution in [1.29, 1.82) is 5.26 Å². The van der Waals surface area contributed by atoms with E-state index in [1.807, 2.05) is 58.0 Å². The number of benzene rings is 1. The zero-order valence-electron chi connectivity index (χ0n) is 14.4. The van der Waals surface area contributed by atoms with E-state index in [2.05, 4.69) is 16.4 Å². The quantitative estimate of drug-likeness (QED) is 0.840. The van der Waals surface area contributed by atoms with Crippen molar-refractivity contribution in [3.63, 3.8) is 0 Å². The summed E-state index contributed by atoms with van der Waals surface area (Å²) in [5.74, 6) is 0.166. The smallest absolute Gasteiger partial charge is 0.230 e. The molecule has 2 rings (SSSR count). The molecule has 1 atom stereocenters. The number of amides is 1. The first-order chi connectivity index (χ1) is 11.4. The Labute approximate surface area is 147 Å². The number of aromatic nitrogens is 1. The molecule has 5 heteroatoms. The Morgan fingerprint density at radius 2 is 1.92 bits per heavy atom. The van der Waals surface area contributed by atoms with E-state index in [-0.39, 0.29) is 17.7 Å². The lowest BCUT2D eigenvalue weighted by Crippen LogP contribution is -2.28. The molecule has 1 aromatic carbocycles. The van der Waals surface area contributed by atoms with Crippen LogP contribution in [0, 0.1) is 32.1 Å². The third-order valence-corrected chi connectivity index (χ3v) is 5.07. The van der Waals surface area contributed by atoms with Crippen LogP contribution in [0.2, 0.25) is 0 Å². The van der Waals surface area contributed by atoms with Crippen LogP contribution in [0.5, 0.6) is 0 Å². The summed E-state index contributed by atoms with van der Waals surface area (Å²) >= 11 is 1.31. The van der Waals surface area contributed by atoms with Gasteiger partial charge in [-0.05, 0) is 44.4 Å². The van der Waals surface area contributed by atoms with E-state index in [9.17, 15) is 10.1 Å². The Hall–Kier alpha value is -2.32. The van der Waals surface area contributed by atoms with Gasteiger partial charge in [0.05, 0.1) is 17.4 Å². The van der Waals surface area contributed by atoms with Crippen LogP contribution in [-0.4, -0.2) is 16.6 Å². The Balaban J connectivity index is 2.04. The second-order valence-electron chi connectivity index (χ2n) is 5.73. The van der Waals surface area contributed by atoms with Crippen molar-refractivity contribution in [2.24, 2.45) is 0 Å². The number of nitrogens with zero attached hydrogens (tertiary/aromatic N) is 2. The number of nitrogens with one attached hydrogen (secondary N) is 1. The summed E-state index contributed by atoms with van der Waals surface area (Å²) < 4.78 is 0.